The first-order valence-electron chi connectivity index (χ1n) is 3.37. The van der Waals surface area contributed by atoms with Gasteiger partial charge < -0.3 is 0 Å². The SMILES string of the molecule is Fc1ccc(C(Br)C(F)(F)F)cc1. The van der Waals surface area contributed by atoms with E-state index in [4.69, 9.17) is 0 Å². The highest BCUT2D eigenvalue weighted by Gasteiger charge is 2.38. The summed E-state index contributed by atoms with van der Waals surface area (Å²) in [6.45, 7) is 0. The van der Waals surface area contributed by atoms with Crippen molar-refractivity contribution >= 4 is 15.9 Å². The molecule has 0 aliphatic heterocycles. The second-order valence-corrected chi connectivity index (χ2v) is 3.37. The van der Waals surface area contributed by atoms with Crippen LogP contribution in [0.4, 0.5) is 17.6 Å². The Morgan fingerprint density at radius 1 is 1.08 bits per heavy atom. The summed E-state index contributed by atoms with van der Waals surface area (Å²) in [6.07, 6.45) is -4.35. The normalized spacial score (nSPS) is 14.2. The number of rotatable bonds is 1. The van der Waals surface area contributed by atoms with Gasteiger partial charge in [0.15, 0.2) is 0 Å². The van der Waals surface area contributed by atoms with E-state index in [-0.39, 0.29) is 5.56 Å². The second kappa shape index (κ2) is 3.65. The van der Waals surface area contributed by atoms with Crippen molar-refractivity contribution in [2.24, 2.45) is 0 Å². The van der Waals surface area contributed by atoms with E-state index in [1.807, 2.05) is 0 Å². The lowest BCUT2D eigenvalue weighted by Gasteiger charge is -2.13. The number of hydrogen-bond donors (Lipinski definition) is 0. The molecule has 0 fully saturated rings. The van der Waals surface area contributed by atoms with Crippen LogP contribution < -0.4 is 0 Å². The molecule has 0 saturated heterocycles. The van der Waals surface area contributed by atoms with Crippen LogP contribution in [-0.4, -0.2) is 6.18 Å². The molecule has 0 saturated carbocycles. The van der Waals surface area contributed by atoms with E-state index in [1.54, 1.807) is 0 Å². The van der Waals surface area contributed by atoms with Crippen molar-refractivity contribution in [3.63, 3.8) is 0 Å². The van der Waals surface area contributed by atoms with Gasteiger partial charge in [-0.1, -0.05) is 28.1 Å². The predicted octanol–water partition coefficient (Wildman–Crippen LogP) is 3.82. The lowest BCUT2D eigenvalue weighted by molar-refractivity contribution is -0.128. The lowest BCUT2D eigenvalue weighted by atomic mass is 10.1. The maximum absolute atomic E-state index is 12.4. The molecule has 1 aromatic carbocycles. The Bertz CT molecular complexity index is 277. The van der Waals surface area contributed by atoms with Crippen molar-refractivity contribution in [3.8, 4) is 0 Å². The fourth-order valence-electron chi connectivity index (χ4n) is 0.821. The summed E-state index contributed by atoms with van der Waals surface area (Å²) in [5.41, 5.74) is -0.00565. The molecule has 1 unspecified atom stereocenters. The smallest absolute Gasteiger partial charge is 0.207 e. The van der Waals surface area contributed by atoms with Crippen LogP contribution in [0.5, 0.6) is 0 Å². The third-order valence-electron chi connectivity index (χ3n) is 1.45. The minimum Gasteiger partial charge on any atom is -0.207 e. The third kappa shape index (κ3) is 2.69. The van der Waals surface area contributed by atoms with Gasteiger partial charge in [0.05, 0.1) is 0 Å². The molecule has 5 heteroatoms. The molecule has 0 N–H and O–H groups in total. The molecule has 0 spiro atoms. The molecule has 0 heterocycles. The van der Waals surface area contributed by atoms with Crippen molar-refractivity contribution < 1.29 is 17.6 Å². The number of benzene rings is 1. The third-order valence-corrected chi connectivity index (χ3v) is 2.50. The Balaban J connectivity index is 2.90. The largest absolute Gasteiger partial charge is 0.405 e. The van der Waals surface area contributed by atoms with Crippen LogP contribution in [0.25, 0.3) is 0 Å². The van der Waals surface area contributed by atoms with Crippen LogP contribution in [0, 0.1) is 5.82 Å². The van der Waals surface area contributed by atoms with Crippen LogP contribution in [0.3, 0.4) is 0 Å². The predicted molar refractivity (Wildman–Crippen MR) is 44.1 cm³/mol. The van der Waals surface area contributed by atoms with Crippen LogP contribution in [-0.2, 0) is 0 Å². The number of halogens is 5. The summed E-state index contributed by atoms with van der Waals surface area (Å²) in [5, 5.41) is 0. The van der Waals surface area contributed by atoms with Crippen molar-refractivity contribution in [3.05, 3.63) is 35.6 Å². The minimum atomic E-state index is -4.35. The lowest BCUT2D eigenvalue weighted by Crippen LogP contribution is -2.15. The maximum Gasteiger partial charge on any atom is 0.405 e. The molecule has 0 amide bonds. The van der Waals surface area contributed by atoms with Crippen LogP contribution >= 0.6 is 15.9 Å². The summed E-state index contributed by atoms with van der Waals surface area (Å²) in [7, 11) is 0. The molecule has 0 radical (unpaired) electrons. The molecule has 0 aliphatic rings. The Labute approximate surface area is 80.7 Å². The summed E-state index contributed by atoms with van der Waals surface area (Å²) >= 11 is 2.48. The molecule has 0 nitrogen and oxygen atoms in total. The average molecular weight is 257 g/mol. The number of hydrogen-bond acceptors (Lipinski definition) is 0. The van der Waals surface area contributed by atoms with E-state index < -0.39 is 16.8 Å². The van der Waals surface area contributed by atoms with Crippen molar-refractivity contribution in [1.82, 2.24) is 0 Å². The molecule has 1 aromatic rings. The standard InChI is InChI=1S/C8H5BrF4/c9-7(8(11,12)13)5-1-3-6(10)4-2-5/h1-4,7H. The van der Waals surface area contributed by atoms with Crippen LogP contribution in [0.2, 0.25) is 0 Å². The Morgan fingerprint density at radius 3 is 1.92 bits per heavy atom. The summed E-state index contributed by atoms with van der Waals surface area (Å²) in [5.74, 6) is -0.550. The average Bonchev–Trinajstić information content (AvgIpc) is 2.03. The van der Waals surface area contributed by atoms with Crippen molar-refractivity contribution in [2.45, 2.75) is 11.0 Å². The van der Waals surface area contributed by atoms with Gasteiger partial charge in [-0.2, -0.15) is 13.2 Å². The van der Waals surface area contributed by atoms with Gasteiger partial charge in [-0.05, 0) is 17.7 Å². The fourth-order valence-corrected chi connectivity index (χ4v) is 1.13. The van der Waals surface area contributed by atoms with Crippen LogP contribution in [0.15, 0.2) is 24.3 Å². The molecule has 1 atom stereocenters. The number of alkyl halides is 4. The highest BCUT2D eigenvalue weighted by Crippen LogP contribution is 2.39. The van der Waals surface area contributed by atoms with Gasteiger partial charge in [-0.3, -0.25) is 0 Å². The van der Waals surface area contributed by atoms with Gasteiger partial charge >= 0.3 is 6.18 Å². The Hall–Kier alpha value is -0.580. The van der Waals surface area contributed by atoms with Gasteiger partial charge in [-0.25, -0.2) is 4.39 Å². The summed E-state index contributed by atoms with van der Waals surface area (Å²) in [6, 6.07) is 4.19. The van der Waals surface area contributed by atoms with Crippen molar-refractivity contribution in [1.29, 1.82) is 0 Å². The fraction of sp³-hybridized carbons (Fsp3) is 0.250. The highest BCUT2D eigenvalue weighted by molar-refractivity contribution is 9.09. The maximum atomic E-state index is 12.4. The first-order valence-corrected chi connectivity index (χ1v) is 4.29. The Morgan fingerprint density at radius 2 is 1.54 bits per heavy atom. The van der Waals surface area contributed by atoms with Gasteiger partial charge in [0.25, 0.3) is 0 Å². The van der Waals surface area contributed by atoms with E-state index in [1.165, 1.54) is 0 Å². The highest BCUT2D eigenvalue weighted by atomic mass is 79.9. The molecule has 1 rings (SSSR count). The van der Waals surface area contributed by atoms with E-state index in [0.717, 1.165) is 24.3 Å². The van der Waals surface area contributed by atoms with Crippen LogP contribution in [0.1, 0.15) is 10.4 Å². The summed E-state index contributed by atoms with van der Waals surface area (Å²) in [4.78, 5) is -1.74. The topological polar surface area (TPSA) is 0 Å². The molecule has 0 bridgehead atoms. The molecular weight excluding hydrogens is 252 g/mol. The molecule has 0 aliphatic carbocycles. The van der Waals surface area contributed by atoms with Crippen molar-refractivity contribution in [2.75, 3.05) is 0 Å². The van der Waals surface area contributed by atoms with Gasteiger partial charge in [0.2, 0.25) is 0 Å². The quantitative estimate of drug-likeness (QED) is 0.529. The van der Waals surface area contributed by atoms with E-state index >= 15 is 0 Å². The van der Waals surface area contributed by atoms with Gasteiger partial charge in [0.1, 0.15) is 10.6 Å². The van der Waals surface area contributed by atoms with Gasteiger partial charge in [0, 0.05) is 0 Å². The Kier molecular flexibility index (Phi) is 2.95. The minimum absolute atomic E-state index is 0.00565. The zero-order chi connectivity index (χ0) is 10.1. The second-order valence-electron chi connectivity index (χ2n) is 2.46. The zero-order valence-corrected chi connectivity index (χ0v) is 7.86. The molecule has 72 valence electrons. The van der Waals surface area contributed by atoms with E-state index in [9.17, 15) is 17.6 Å². The summed E-state index contributed by atoms with van der Waals surface area (Å²) < 4.78 is 48.6. The van der Waals surface area contributed by atoms with E-state index in [2.05, 4.69) is 15.9 Å². The molecular formula is C8H5BrF4. The zero-order valence-electron chi connectivity index (χ0n) is 6.28. The molecule has 13 heavy (non-hydrogen) atoms. The first-order chi connectivity index (χ1) is 5.91. The first kappa shape index (κ1) is 10.5. The monoisotopic (exact) mass is 256 g/mol. The van der Waals surface area contributed by atoms with Gasteiger partial charge in [-0.15, -0.1) is 0 Å². The molecule has 0 aromatic heterocycles. The van der Waals surface area contributed by atoms with E-state index in [0.29, 0.717) is 0 Å².